The van der Waals surface area contributed by atoms with E-state index >= 15 is 0 Å². The summed E-state index contributed by atoms with van der Waals surface area (Å²) in [5, 5.41) is 1.08. The SMILES string of the molecule is C=S(=O)(Nc1cc(-c2sc(CC)nc2-c2cccc(C)c2)ccn1)c1ccccc1C. The fraction of sp³-hybridized carbons (Fsp3) is 0.160. The molecule has 2 heterocycles. The number of pyridine rings is 1. The average molecular weight is 448 g/mol. The summed E-state index contributed by atoms with van der Waals surface area (Å²) in [7, 11) is -2.74. The van der Waals surface area contributed by atoms with E-state index in [1.165, 1.54) is 5.56 Å². The van der Waals surface area contributed by atoms with Crippen molar-refractivity contribution in [3.63, 3.8) is 0 Å². The monoisotopic (exact) mass is 447 g/mol. The molecule has 0 saturated heterocycles. The highest BCUT2D eigenvalue weighted by molar-refractivity contribution is 8.01. The molecule has 4 rings (SSSR count). The predicted octanol–water partition coefficient (Wildman–Crippen LogP) is 6.15. The third kappa shape index (κ3) is 4.55. The van der Waals surface area contributed by atoms with Crippen LogP contribution in [0.25, 0.3) is 21.7 Å². The van der Waals surface area contributed by atoms with E-state index in [0.29, 0.717) is 10.7 Å². The molecule has 2 aromatic carbocycles. The molecule has 1 N–H and O–H groups in total. The highest BCUT2D eigenvalue weighted by atomic mass is 32.2. The number of nitrogens with zero attached hydrogens (tertiary/aromatic N) is 2. The third-order valence-electron chi connectivity index (χ3n) is 5.01. The van der Waals surface area contributed by atoms with Crippen molar-refractivity contribution in [1.29, 1.82) is 0 Å². The maximum atomic E-state index is 13.3. The molecule has 0 aliphatic carbocycles. The van der Waals surface area contributed by atoms with Crippen LogP contribution in [0, 0.1) is 13.8 Å². The average Bonchev–Trinajstić information content (AvgIpc) is 3.18. The first-order valence-electron chi connectivity index (χ1n) is 10.1. The molecular weight excluding hydrogens is 422 g/mol. The Kier molecular flexibility index (Phi) is 5.94. The van der Waals surface area contributed by atoms with Crippen LogP contribution in [0.15, 0.2) is 71.8 Å². The minimum absolute atomic E-state index is 0.530. The molecule has 0 aliphatic rings. The second-order valence-corrected chi connectivity index (χ2v) is 10.6. The van der Waals surface area contributed by atoms with Gasteiger partial charge in [-0.2, -0.15) is 0 Å². The number of benzene rings is 2. The first-order chi connectivity index (χ1) is 14.9. The zero-order valence-electron chi connectivity index (χ0n) is 17.9. The van der Waals surface area contributed by atoms with Crippen LogP contribution >= 0.6 is 11.3 Å². The molecule has 2 aromatic heterocycles. The highest BCUT2D eigenvalue weighted by Crippen LogP contribution is 2.38. The Hall–Kier alpha value is -2.96. The van der Waals surface area contributed by atoms with Crippen molar-refractivity contribution in [2.75, 3.05) is 4.72 Å². The van der Waals surface area contributed by atoms with Crippen molar-refractivity contribution in [2.45, 2.75) is 32.1 Å². The van der Waals surface area contributed by atoms with Crippen LogP contribution in [0.1, 0.15) is 23.1 Å². The van der Waals surface area contributed by atoms with Gasteiger partial charge in [0.05, 0.1) is 30.2 Å². The normalized spacial score (nSPS) is 13.0. The summed E-state index contributed by atoms with van der Waals surface area (Å²) in [5.74, 6) is 4.49. The van der Waals surface area contributed by atoms with Crippen LogP contribution in [0.4, 0.5) is 5.82 Å². The largest absolute Gasteiger partial charge is 0.294 e. The van der Waals surface area contributed by atoms with Crippen LogP contribution in [0.3, 0.4) is 0 Å². The Morgan fingerprint density at radius 1 is 1.03 bits per heavy atom. The van der Waals surface area contributed by atoms with E-state index in [1.54, 1.807) is 17.5 Å². The second kappa shape index (κ2) is 8.65. The van der Waals surface area contributed by atoms with Gasteiger partial charge in [-0.1, -0.05) is 48.9 Å². The van der Waals surface area contributed by atoms with Gasteiger partial charge in [0.25, 0.3) is 0 Å². The van der Waals surface area contributed by atoms with Gasteiger partial charge in [0.1, 0.15) is 5.82 Å². The molecule has 0 bridgehead atoms. The quantitative estimate of drug-likeness (QED) is 0.361. The molecule has 0 radical (unpaired) electrons. The first kappa shape index (κ1) is 21.3. The molecule has 6 heteroatoms. The molecule has 1 atom stereocenters. The van der Waals surface area contributed by atoms with Crippen LogP contribution in [-0.2, 0) is 16.1 Å². The van der Waals surface area contributed by atoms with Gasteiger partial charge in [0, 0.05) is 11.8 Å². The van der Waals surface area contributed by atoms with Crippen LogP contribution in [0.5, 0.6) is 0 Å². The summed E-state index contributed by atoms with van der Waals surface area (Å²) in [6.45, 7) is 6.13. The summed E-state index contributed by atoms with van der Waals surface area (Å²) in [4.78, 5) is 11.1. The lowest BCUT2D eigenvalue weighted by Crippen LogP contribution is -2.14. The highest BCUT2D eigenvalue weighted by Gasteiger charge is 2.16. The summed E-state index contributed by atoms with van der Waals surface area (Å²) in [5.41, 5.74) is 5.19. The smallest absolute Gasteiger partial charge is 0.138 e. The predicted molar refractivity (Wildman–Crippen MR) is 133 cm³/mol. The Morgan fingerprint density at radius 2 is 1.84 bits per heavy atom. The minimum atomic E-state index is -2.74. The second-order valence-electron chi connectivity index (χ2n) is 7.48. The zero-order valence-corrected chi connectivity index (χ0v) is 19.5. The summed E-state index contributed by atoms with van der Waals surface area (Å²) >= 11 is 1.69. The van der Waals surface area contributed by atoms with Crippen molar-refractivity contribution < 1.29 is 4.21 Å². The number of aromatic nitrogens is 2. The van der Waals surface area contributed by atoms with Gasteiger partial charge < -0.3 is 0 Å². The maximum Gasteiger partial charge on any atom is 0.138 e. The molecule has 31 heavy (non-hydrogen) atoms. The topological polar surface area (TPSA) is 54.9 Å². The van der Waals surface area contributed by atoms with Gasteiger partial charge in [-0.15, -0.1) is 11.3 Å². The number of aryl methyl sites for hydroxylation is 3. The van der Waals surface area contributed by atoms with Gasteiger partial charge in [-0.05, 0) is 61.5 Å². The number of hydrogen-bond donors (Lipinski definition) is 1. The van der Waals surface area contributed by atoms with Crippen molar-refractivity contribution >= 4 is 32.7 Å². The van der Waals surface area contributed by atoms with Crippen LogP contribution in [0.2, 0.25) is 0 Å². The molecule has 1 unspecified atom stereocenters. The molecule has 0 fully saturated rings. The van der Waals surface area contributed by atoms with Gasteiger partial charge in [-0.25, -0.2) is 14.2 Å². The first-order valence-corrected chi connectivity index (χ1v) is 12.7. The number of rotatable bonds is 6. The van der Waals surface area contributed by atoms with E-state index in [9.17, 15) is 4.21 Å². The van der Waals surface area contributed by atoms with Crippen molar-refractivity contribution in [3.05, 3.63) is 83.0 Å². The van der Waals surface area contributed by atoms with Gasteiger partial charge in [0.2, 0.25) is 0 Å². The van der Waals surface area contributed by atoms with Crippen molar-refractivity contribution in [2.24, 2.45) is 0 Å². The summed E-state index contributed by atoms with van der Waals surface area (Å²) < 4.78 is 16.4. The number of nitrogens with one attached hydrogen (secondary N) is 1. The van der Waals surface area contributed by atoms with Crippen molar-refractivity contribution in [3.8, 4) is 21.7 Å². The number of anilines is 1. The van der Waals surface area contributed by atoms with Crippen LogP contribution < -0.4 is 4.72 Å². The van der Waals surface area contributed by atoms with E-state index in [2.05, 4.69) is 53.7 Å². The fourth-order valence-electron chi connectivity index (χ4n) is 3.48. The molecule has 4 aromatic rings. The lowest BCUT2D eigenvalue weighted by Gasteiger charge is -2.15. The standard InChI is InChI=1S/C25H25N3OS2/c1-5-23-27-24(19-11-8-9-17(2)15-19)25(30-23)20-13-14-26-22(16-20)28-31(4,29)21-12-7-6-10-18(21)3/h6-16H,4-5H2,1-3H3,(H,26,28,29). The van der Waals surface area contributed by atoms with E-state index < -0.39 is 9.71 Å². The Morgan fingerprint density at radius 3 is 2.58 bits per heavy atom. The maximum absolute atomic E-state index is 13.3. The molecule has 0 amide bonds. The minimum Gasteiger partial charge on any atom is -0.294 e. The number of thiazole rings is 1. The van der Waals surface area contributed by atoms with Gasteiger partial charge >= 0.3 is 0 Å². The molecule has 0 aliphatic heterocycles. The van der Waals surface area contributed by atoms with Gasteiger partial charge in [-0.3, -0.25) is 4.72 Å². The molecule has 0 spiro atoms. The Balaban J connectivity index is 1.74. The molecule has 4 nitrogen and oxygen atoms in total. The van der Waals surface area contributed by atoms with E-state index in [4.69, 9.17) is 4.98 Å². The lowest BCUT2D eigenvalue weighted by atomic mass is 10.1. The molecule has 0 saturated carbocycles. The third-order valence-corrected chi connectivity index (χ3v) is 7.96. The van der Waals surface area contributed by atoms with Gasteiger partial charge in [0.15, 0.2) is 0 Å². The van der Waals surface area contributed by atoms with E-state index in [0.717, 1.165) is 38.7 Å². The Bertz CT molecular complexity index is 1340. The number of hydrogen-bond acceptors (Lipinski definition) is 4. The Labute approximate surface area is 188 Å². The zero-order chi connectivity index (χ0) is 22.0. The van der Waals surface area contributed by atoms with Crippen molar-refractivity contribution in [1.82, 2.24) is 9.97 Å². The summed E-state index contributed by atoms with van der Waals surface area (Å²) in [6.07, 6.45) is 2.61. The molecule has 158 valence electrons. The van der Waals surface area contributed by atoms with E-state index in [-0.39, 0.29) is 0 Å². The molecular formula is C25H25N3OS2. The summed E-state index contributed by atoms with van der Waals surface area (Å²) in [6, 6.07) is 19.8. The van der Waals surface area contributed by atoms with Crippen LogP contribution in [-0.4, -0.2) is 20.0 Å². The van der Waals surface area contributed by atoms with E-state index in [1.807, 2.05) is 43.3 Å². The fourth-order valence-corrected chi connectivity index (χ4v) is 5.95. The lowest BCUT2D eigenvalue weighted by molar-refractivity contribution is 0.684.